The number of hydrogen-bond donors (Lipinski definition) is 0. The zero-order chi connectivity index (χ0) is 20.7. The second-order valence-electron chi connectivity index (χ2n) is 7.33. The summed E-state index contributed by atoms with van der Waals surface area (Å²) in [6.07, 6.45) is 5.72. The number of hydrazone groups is 1. The fourth-order valence-electron chi connectivity index (χ4n) is 4.13. The lowest BCUT2D eigenvalue weighted by molar-refractivity contribution is -0.123. The number of benzene rings is 2. The van der Waals surface area contributed by atoms with Gasteiger partial charge in [0.25, 0.3) is 5.91 Å². The van der Waals surface area contributed by atoms with E-state index in [-0.39, 0.29) is 17.7 Å². The van der Waals surface area contributed by atoms with Crippen LogP contribution in [0.2, 0.25) is 0 Å². The summed E-state index contributed by atoms with van der Waals surface area (Å²) in [6.45, 7) is 0. The van der Waals surface area contributed by atoms with Crippen LogP contribution in [0.5, 0.6) is 11.5 Å². The second-order valence-corrected chi connectivity index (χ2v) is 8.33. The van der Waals surface area contributed by atoms with E-state index in [4.69, 9.17) is 14.6 Å². The molecule has 2 heterocycles. The van der Waals surface area contributed by atoms with Gasteiger partial charge in [-0.2, -0.15) is 10.1 Å². The number of carbonyl (C=O) groups is 1. The number of thiazole rings is 1. The summed E-state index contributed by atoms with van der Waals surface area (Å²) >= 11 is 1.48. The van der Waals surface area contributed by atoms with Crippen molar-refractivity contribution in [1.82, 2.24) is 4.98 Å². The fourth-order valence-corrected chi connectivity index (χ4v) is 5.06. The normalized spacial score (nSPS) is 20.8. The van der Waals surface area contributed by atoms with Gasteiger partial charge in [-0.15, -0.1) is 0 Å². The van der Waals surface area contributed by atoms with Crippen LogP contribution in [0, 0.1) is 11.8 Å². The van der Waals surface area contributed by atoms with Gasteiger partial charge in [0.1, 0.15) is 0 Å². The Hall–Kier alpha value is -3.19. The van der Waals surface area contributed by atoms with Crippen LogP contribution >= 0.6 is 11.3 Å². The molecular formula is C23H21N3O3S. The van der Waals surface area contributed by atoms with Crippen LogP contribution in [0.4, 0.5) is 5.13 Å². The summed E-state index contributed by atoms with van der Waals surface area (Å²) in [6, 6.07) is 13.7. The molecule has 7 heteroatoms. The molecule has 0 saturated heterocycles. The molecule has 2 aliphatic rings. The molecule has 0 radical (unpaired) electrons. The van der Waals surface area contributed by atoms with Crippen LogP contribution in [0.25, 0.3) is 10.2 Å². The summed E-state index contributed by atoms with van der Waals surface area (Å²) in [4.78, 5) is 18.0. The van der Waals surface area contributed by atoms with E-state index in [1.54, 1.807) is 14.2 Å². The number of rotatable bonds is 4. The third kappa shape index (κ3) is 3.06. The molecule has 6 nitrogen and oxygen atoms in total. The number of hydrogen-bond acceptors (Lipinski definition) is 6. The van der Waals surface area contributed by atoms with Gasteiger partial charge in [-0.05, 0) is 43.2 Å². The Morgan fingerprint density at radius 1 is 1.00 bits per heavy atom. The number of para-hydroxylation sites is 1. The van der Waals surface area contributed by atoms with Crippen LogP contribution in [0.1, 0.15) is 18.4 Å². The van der Waals surface area contributed by atoms with Gasteiger partial charge >= 0.3 is 0 Å². The van der Waals surface area contributed by atoms with Crippen molar-refractivity contribution in [2.24, 2.45) is 16.9 Å². The van der Waals surface area contributed by atoms with Crippen molar-refractivity contribution in [3.05, 3.63) is 60.2 Å². The summed E-state index contributed by atoms with van der Waals surface area (Å²) in [5.74, 6) is 1.20. The maximum atomic E-state index is 13.3. The van der Waals surface area contributed by atoms with Gasteiger partial charge in [0.05, 0.1) is 36.1 Å². The first kappa shape index (κ1) is 18.8. The zero-order valence-electron chi connectivity index (χ0n) is 16.7. The van der Waals surface area contributed by atoms with Gasteiger partial charge in [0, 0.05) is 11.5 Å². The highest BCUT2D eigenvalue weighted by molar-refractivity contribution is 7.22. The first-order valence-electron chi connectivity index (χ1n) is 9.85. The molecule has 1 aromatic heterocycles. The third-order valence-corrected chi connectivity index (χ3v) is 6.67. The lowest BCUT2D eigenvalue weighted by Gasteiger charge is -2.35. The Labute approximate surface area is 178 Å². The van der Waals surface area contributed by atoms with Crippen molar-refractivity contribution in [3.63, 3.8) is 0 Å². The standard InChI is InChI=1S/C23H21N3O3S/c1-28-18-12-11-14(13-19(18)29-2)21-15-7-3-4-8-16(15)22(27)26(25-21)23-24-17-9-5-6-10-20(17)30-23/h3-6,9-13,15-16H,7-8H2,1-2H3. The predicted molar refractivity (Wildman–Crippen MR) is 119 cm³/mol. The van der Waals surface area contributed by atoms with Crippen LogP contribution in [0.15, 0.2) is 59.7 Å². The molecule has 5 rings (SSSR count). The molecule has 30 heavy (non-hydrogen) atoms. The summed E-state index contributed by atoms with van der Waals surface area (Å²) in [7, 11) is 3.23. The Kier molecular flexibility index (Phi) is 4.75. The molecule has 0 spiro atoms. The van der Waals surface area contributed by atoms with Crippen LogP contribution in [-0.2, 0) is 4.79 Å². The quantitative estimate of drug-likeness (QED) is 0.578. The topological polar surface area (TPSA) is 64.0 Å². The predicted octanol–water partition coefficient (Wildman–Crippen LogP) is 4.65. The first-order chi connectivity index (χ1) is 14.7. The molecular weight excluding hydrogens is 398 g/mol. The molecule has 2 unspecified atom stereocenters. The molecule has 1 aliphatic carbocycles. The highest BCUT2D eigenvalue weighted by Crippen LogP contribution is 2.39. The number of carbonyl (C=O) groups excluding carboxylic acids is 1. The first-order valence-corrected chi connectivity index (χ1v) is 10.7. The van der Waals surface area contributed by atoms with E-state index in [1.807, 2.05) is 42.5 Å². The fraction of sp³-hybridized carbons (Fsp3) is 0.261. The number of ether oxygens (including phenoxy) is 2. The number of nitrogens with zero attached hydrogens (tertiary/aromatic N) is 3. The van der Waals surface area contributed by atoms with Crippen molar-refractivity contribution >= 4 is 38.3 Å². The summed E-state index contributed by atoms with van der Waals surface area (Å²) in [5, 5.41) is 6.93. The largest absolute Gasteiger partial charge is 0.493 e. The second kappa shape index (κ2) is 7.57. The highest BCUT2D eigenvalue weighted by atomic mass is 32.1. The van der Waals surface area contributed by atoms with Crippen molar-refractivity contribution in [3.8, 4) is 11.5 Å². The van der Waals surface area contributed by atoms with Gasteiger partial charge in [-0.3, -0.25) is 4.79 Å². The molecule has 1 aliphatic heterocycles. The monoisotopic (exact) mass is 419 g/mol. The summed E-state index contributed by atoms with van der Waals surface area (Å²) < 4.78 is 11.9. The van der Waals surface area contributed by atoms with E-state index in [0.717, 1.165) is 27.9 Å². The van der Waals surface area contributed by atoms with Crippen LogP contribution in [-0.4, -0.2) is 30.8 Å². The molecule has 2 aromatic carbocycles. The number of fused-ring (bicyclic) bond motifs is 2. The maximum Gasteiger partial charge on any atom is 0.253 e. The average molecular weight is 420 g/mol. The number of amides is 1. The number of methoxy groups -OCH3 is 2. The molecule has 0 N–H and O–H groups in total. The van der Waals surface area contributed by atoms with Gasteiger partial charge < -0.3 is 9.47 Å². The number of aromatic nitrogens is 1. The molecule has 0 bridgehead atoms. The van der Waals surface area contributed by atoms with Crippen molar-refractivity contribution < 1.29 is 14.3 Å². The van der Waals surface area contributed by atoms with Crippen LogP contribution < -0.4 is 14.5 Å². The lowest BCUT2D eigenvalue weighted by Crippen LogP contribution is -2.45. The van der Waals surface area contributed by atoms with E-state index < -0.39 is 0 Å². The van der Waals surface area contributed by atoms with Crippen LogP contribution in [0.3, 0.4) is 0 Å². The summed E-state index contributed by atoms with van der Waals surface area (Å²) in [5.41, 5.74) is 2.68. The highest BCUT2D eigenvalue weighted by Gasteiger charge is 2.41. The van der Waals surface area contributed by atoms with Crippen molar-refractivity contribution in [2.45, 2.75) is 12.8 Å². The molecule has 1 amide bonds. The minimum Gasteiger partial charge on any atom is -0.493 e. The molecule has 0 fully saturated rings. The van der Waals surface area contributed by atoms with E-state index in [1.165, 1.54) is 16.3 Å². The SMILES string of the molecule is COc1ccc(C2=NN(c3nc4ccccc4s3)C(=O)C3CC=CCC23)cc1OC. The maximum absolute atomic E-state index is 13.3. The zero-order valence-corrected chi connectivity index (χ0v) is 17.6. The molecule has 3 aromatic rings. The third-order valence-electron chi connectivity index (χ3n) is 5.66. The van der Waals surface area contributed by atoms with E-state index in [0.29, 0.717) is 23.1 Å². The smallest absolute Gasteiger partial charge is 0.253 e. The Bertz CT molecular complexity index is 1150. The molecule has 2 atom stereocenters. The van der Waals surface area contributed by atoms with Crippen molar-refractivity contribution in [1.29, 1.82) is 0 Å². The number of allylic oxidation sites excluding steroid dienone is 2. The minimum absolute atomic E-state index is 0.00707. The van der Waals surface area contributed by atoms with Gasteiger partial charge in [0.15, 0.2) is 11.5 Å². The lowest BCUT2D eigenvalue weighted by atomic mass is 9.76. The Morgan fingerprint density at radius 3 is 2.53 bits per heavy atom. The van der Waals surface area contributed by atoms with Crippen molar-refractivity contribution in [2.75, 3.05) is 19.2 Å². The molecule has 152 valence electrons. The average Bonchev–Trinajstić information content (AvgIpc) is 3.23. The van der Waals surface area contributed by atoms with E-state index in [2.05, 4.69) is 17.1 Å². The van der Waals surface area contributed by atoms with Gasteiger partial charge in [-0.25, -0.2) is 4.98 Å². The Morgan fingerprint density at radius 2 is 1.77 bits per heavy atom. The minimum atomic E-state index is -0.150. The van der Waals surface area contributed by atoms with E-state index >= 15 is 0 Å². The Balaban J connectivity index is 1.64. The number of anilines is 1. The molecule has 0 saturated carbocycles. The van der Waals surface area contributed by atoms with Gasteiger partial charge in [-0.1, -0.05) is 35.6 Å². The van der Waals surface area contributed by atoms with E-state index in [9.17, 15) is 4.79 Å². The van der Waals surface area contributed by atoms with Gasteiger partial charge in [0.2, 0.25) is 5.13 Å².